The Labute approximate surface area is 165 Å². The summed E-state index contributed by atoms with van der Waals surface area (Å²) >= 11 is 0. The smallest absolute Gasteiger partial charge is 0.256 e. The van der Waals surface area contributed by atoms with Crippen molar-refractivity contribution in [2.24, 2.45) is 0 Å². The van der Waals surface area contributed by atoms with Crippen molar-refractivity contribution in [2.45, 2.75) is 13.0 Å². The molecule has 1 heterocycles. The lowest BCUT2D eigenvalue weighted by atomic mass is 10.1. The van der Waals surface area contributed by atoms with Gasteiger partial charge in [-0.15, -0.1) is 12.4 Å². The number of carbonyl (C=O) groups excluding carboxylic acids is 2. The number of piperazine rings is 1. The van der Waals surface area contributed by atoms with Crippen molar-refractivity contribution >= 4 is 29.9 Å². The normalized spacial score (nSPS) is 16.2. The number of para-hydroxylation sites is 1. The number of methoxy groups -OCH3 is 1. The second kappa shape index (κ2) is 9.39. The number of carbonyl (C=O) groups is 2. The fourth-order valence-corrected chi connectivity index (χ4v) is 3.00. The van der Waals surface area contributed by atoms with Crippen LogP contribution in [0, 0.1) is 0 Å². The fraction of sp³-hybridized carbons (Fsp3) is 0.300. The van der Waals surface area contributed by atoms with E-state index < -0.39 is 0 Å². The number of anilines is 1. The van der Waals surface area contributed by atoms with Gasteiger partial charge in [-0.25, -0.2) is 0 Å². The van der Waals surface area contributed by atoms with Crippen molar-refractivity contribution in [3.8, 4) is 5.75 Å². The molecule has 1 aliphatic heterocycles. The molecule has 1 saturated heterocycles. The molecule has 6 nitrogen and oxygen atoms in total. The highest BCUT2D eigenvalue weighted by Gasteiger charge is 2.24. The Balaban J connectivity index is 0.00000261. The van der Waals surface area contributed by atoms with E-state index in [-0.39, 0.29) is 30.3 Å². The lowest BCUT2D eigenvalue weighted by Crippen LogP contribution is -2.51. The van der Waals surface area contributed by atoms with Crippen LogP contribution in [0.15, 0.2) is 48.5 Å². The highest BCUT2D eigenvalue weighted by molar-refractivity contribution is 6.09. The van der Waals surface area contributed by atoms with Crippen LogP contribution in [0.5, 0.6) is 5.75 Å². The largest absolute Gasteiger partial charge is 0.497 e. The van der Waals surface area contributed by atoms with Gasteiger partial charge in [0.05, 0.1) is 18.4 Å². The zero-order chi connectivity index (χ0) is 18.5. The number of nitrogens with zero attached hydrogens (tertiary/aromatic N) is 1. The number of benzene rings is 2. The van der Waals surface area contributed by atoms with Crippen LogP contribution in [0.2, 0.25) is 0 Å². The first-order valence-corrected chi connectivity index (χ1v) is 8.65. The SMILES string of the molecule is COc1ccc(C(=O)Nc2ccccc2C(=O)N2CCNC(C)C2)cc1.Cl. The highest BCUT2D eigenvalue weighted by Crippen LogP contribution is 2.20. The highest BCUT2D eigenvalue weighted by atomic mass is 35.5. The standard InChI is InChI=1S/C20H23N3O3.ClH/c1-14-13-23(12-11-21-14)20(25)17-5-3-4-6-18(17)22-19(24)15-7-9-16(26-2)10-8-15;/h3-10,14,21H,11-13H2,1-2H3,(H,22,24);1H. The summed E-state index contributed by atoms with van der Waals surface area (Å²) in [6.45, 7) is 4.13. The molecule has 0 spiro atoms. The molecule has 2 aromatic carbocycles. The first kappa shape index (κ1) is 20.7. The van der Waals surface area contributed by atoms with Crippen LogP contribution in [-0.4, -0.2) is 49.5 Å². The van der Waals surface area contributed by atoms with E-state index in [0.29, 0.717) is 35.7 Å². The maximum Gasteiger partial charge on any atom is 0.256 e. The Morgan fingerprint density at radius 2 is 1.85 bits per heavy atom. The van der Waals surface area contributed by atoms with Crippen LogP contribution in [0.1, 0.15) is 27.6 Å². The van der Waals surface area contributed by atoms with E-state index >= 15 is 0 Å². The summed E-state index contributed by atoms with van der Waals surface area (Å²) in [5.74, 6) is 0.357. The predicted molar refractivity (Wildman–Crippen MR) is 108 cm³/mol. The van der Waals surface area contributed by atoms with Crippen LogP contribution >= 0.6 is 12.4 Å². The van der Waals surface area contributed by atoms with Crippen LogP contribution < -0.4 is 15.4 Å². The summed E-state index contributed by atoms with van der Waals surface area (Å²) < 4.78 is 5.11. The Hall–Kier alpha value is -2.57. The summed E-state index contributed by atoms with van der Waals surface area (Å²) in [5, 5.41) is 6.17. The molecular weight excluding hydrogens is 366 g/mol. The number of amides is 2. The van der Waals surface area contributed by atoms with Gasteiger partial charge in [0.25, 0.3) is 11.8 Å². The molecule has 1 aliphatic rings. The molecule has 7 heteroatoms. The van der Waals surface area contributed by atoms with Crippen LogP contribution in [0.4, 0.5) is 5.69 Å². The quantitative estimate of drug-likeness (QED) is 0.843. The van der Waals surface area contributed by atoms with Gasteiger partial charge in [0.1, 0.15) is 5.75 Å². The maximum atomic E-state index is 12.9. The molecule has 1 atom stereocenters. The van der Waals surface area contributed by atoms with E-state index in [1.54, 1.807) is 49.6 Å². The van der Waals surface area contributed by atoms with Crippen molar-refractivity contribution in [2.75, 3.05) is 32.1 Å². The number of ether oxygens (including phenoxy) is 1. The average Bonchev–Trinajstić information content (AvgIpc) is 2.68. The third-order valence-corrected chi connectivity index (χ3v) is 4.41. The molecule has 1 unspecified atom stereocenters. The molecule has 0 bridgehead atoms. The van der Waals surface area contributed by atoms with Crippen molar-refractivity contribution in [3.63, 3.8) is 0 Å². The molecule has 144 valence electrons. The van der Waals surface area contributed by atoms with Crippen molar-refractivity contribution in [3.05, 3.63) is 59.7 Å². The van der Waals surface area contributed by atoms with Crippen LogP contribution in [0.25, 0.3) is 0 Å². The first-order valence-electron chi connectivity index (χ1n) is 8.65. The lowest BCUT2D eigenvalue weighted by molar-refractivity contribution is 0.0710. The van der Waals surface area contributed by atoms with E-state index in [9.17, 15) is 9.59 Å². The molecule has 2 N–H and O–H groups in total. The number of hydrogen-bond donors (Lipinski definition) is 2. The topological polar surface area (TPSA) is 70.7 Å². The lowest BCUT2D eigenvalue weighted by Gasteiger charge is -2.32. The minimum Gasteiger partial charge on any atom is -0.497 e. The molecule has 0 radical (unpaired) electrons. The van der Waals surface area contributed by atoms with Crippen LogP contribution in [-0.2, 0) is 0 Å². The van der Waals surface area contributed by atoms with Gasteiger partial charge in [0, 0.05) is 31.2 Å². The van der Waals surface area contributed by atoms with E-state index in [1.165, 1.54) is 0 Å². The zero-order valence-electron chi connectivity index (χ0n) is 15.4. The molecule has 0 aliphatic carbocycles. The van der Waals surface area contributed by atoms with Crippen LogP contribution in [0.3, 0.4) is 0 Å². The Morgan fingerprint density at radius 3 is 2.52 bits per heavy atom. The van der Waals surface area contributed by atoms with Crippen molar-refractivity contribution in [1.29, 1.82) is 0 Å². The fourth-order valence-electron chi connectivity index (χ4n) is 3.00. The summed E-state index contributed by atoms with van der Waals surface area (Å²) in [5.41, 5.74) is 1.52. The van der Waals surface area contributed by atoms with E-state index in [4.69, 9.17) is 4.74 Å². The Morgan fingerprint density at radius 1 is 1.15 bits per heavy atom. The van der Waals surface area contributed by atoms with E-state index in [0.717, 1.165) is 6.54 Å². The van der Waals surface area contributed by atoms with Gasteiger partial charge in [-0.3, -0.25) is 9.59 Å². The van der Waals surface area contributed by atoms with Gasteiger partial charge < -0.3 is 20.3 Å². The zero-order valence-corrected chi connectivity index (χ0v) is 16.2. The van der Waals surface area contributed by atoms with Gasteiger partial charge in [-0.05, 0) is 43.3 Å². The number of rotatable bonds is 4. The summed E-state index contributed by atoms with van der Waals surface area (Å²) in [6.07, 6.45) is 0. The molecule has 1 fully saturated rings. The minimum absolute atomic E-state index is 0. The van der Waals surface area contributed by atoms with E-state index in [2.05, 4.69) is 17.6 Å². The first-order chi connectivity index (χ1) is 12.6. The second-order valence-corrected chi connectivity index (χ2v) is 6.33. The third kappa shape index (κ3) is 4.99. The second-order valence-electron chi connectivity index (χ2n) is 6.33. The summed E-state index contributed by atoms with van der Waals surface area (Å²) in [4.78, 5) is 27.2. The molecule has 2 aromatic rings. The van der Waals surface area contributed by atoms with Crippen molar-refractivity contribution < 1.29 is 14.3 Å². The monoisotopic (exact) mass is 389 g/mol. The van der Waals surface area contributed by atoms with Crippen molar-refractivity contribution in [1.82, 2.24) is 10.2 Å². The molecule has 0 saturated carbocycles. The number of halogens is 1. The number of hydrogen-bond acceptors (Lipinski definition) is 4. The molecule has 27 heavy (non-hydrogen) atoms. The van der Waals surface area contributed by atoms with Gasteiger partial charge in [-0.2, -0.15) is 0 Å². The maximum absolute atomic E-state index is 12.9. The predicted octanol–water partition coefficient (Wildman–Crippen LogP) is 2.80. The number of nitrogens with one attached hydrogen (secondary N) is 2. The third-order valence-electron chi connectivity index (χ3n) is 4.41. The van der Waals surface area contributed by atoms with Gasteiger partial charge in [-0.1, -0.05) is 12.1 Å². The minimum atomic E-state index is -0.262. The van der Waals surface area contributed by atoms with Gasteiger partial charge in [0.15, 0.2) is 0 Å². The average molecular weight is 390 g/mol. The molecule has 2 amide bonds. The molecule has 3 rings (SSSR count). The van der Waals surface area contributed by atoms with Gasteiger partial charge in [0.2, 0.25) is 0 Å². The van der Waals surface area contributed by atoms with E-state index in [1.807, 2.05) is 11.0 Å². The Bertz CT molecular complexity index is 795. The molecule has 0 aromatic heterocycles. The Kier molecular flexibility index (Phi) is 7.21. The molecular formula is C20H24ClN3O3. The summed E-state index contributed by atoms with van der Waals surface area (Å²) in [7, 11) is 1.58. The summed E-state index contributed by atoms with van der Waals surface area (Å²) in [6, 6.07) is 14.2. The van der Waals surface area contributed by atoms with Gasteiger partial charge >= 0.3 is 0 Å².